The standard InChI is InChI=1S/C13H18F3N3O2/c1-8(2)21-6-5-18-12(20)9-3-4-11(19-17)10(7-9)13(14,15)16/h3-4,7-8,19H,5-6,17H2,1-2H3,(H,18,20). The fourth-order valence-corrected chi connectivity index (χ4v) is 1.61. The third-order valence-corrected chi connectivity index (χ3v) is 2.58. The molecule has 0 aliphatic carbocycles. The number of nitrogens with one attached hydrogen (secondary N) is 2. The van der Waals surface area contributed by atoms with E-state index in [1.165, 1.54) is 6.07 Å². The molecule has 0 fully saturated rings. The van der Waals surface area contributed by atoms with E-state index in [-0.39, 0.29) is 30.5 Å². The first-order valence-corrected chi connectivity index (χ1v) is 6.33. The highest BCUT2D eigenvalue weighted by Crippen LogP contribution is 2.35. The van der Waals surface area contributed by atoms with Crippen LogP contribution < -0.4 is 16.6 Å². The summed E-state index contributed by atoms with van der Waals surface area (Å²) in [6.45, 7) is 4.19. The summed E-state index contributed by atoms with van der Waals surface area (Å²) in [5, 5.41) is 2.49. The summed E-state index contributed by atoms with van der Waals surface area (Å²) in [5.41, 5.74) is 0.590. The van der Waals surface area contributed by atoms with Crippen molar-refractivity contribution in [3.63, 3.8) is 0 Å². The predicted molar refractivity (Wildman–Crippen MR) is 72.7 cm³/mol. The van der Waals surface area contributed by atoms with Crippen LogP contribution in [-0.2, 0) is 10.9 Å². The fourth-order valence-electron chi connectivity index (χ4n) is 1.61. The van der Waals surface area contributed by atoms with Crippen LogP contribution in [0.5, 0.6) is 0 Å². The quantitative estimate of drug-likeness (QED) is 0.427. The lowest BCUT2D eigenvalue weighted by molar-refractivity contribution is -0.137. The van der Waals surface area contributed by atoms with Gasteiger partial charge in [0.05, 0.1) is 24.0 Å². The van der Waals surface area contributed by atoms with E-state index in [1.807, 2.05) is 19.3 Å². The lowest BCUT2D eigenvalue weighted by Crippen LogP contribution is -2.28. The van der Waals surface area contributed by atoms with E-state index in [9.17, 15) is 18.0 Å². The Balaban J connectivity index is 2.77. The number of hydrogen-bond donors (Lipinski definition) is 3. The van der Waals surface area contributed by atoms with Gasteiger partial charge in [-0.1, -0.05) is 0 Å². The molecule has 1 aromatic carbocycles. The van der Waals surface area contributed by atoms with E-state index in [2.05, 4.69) is 5.32 Å². The number of benzene rings is 1. The first kappa shape index (κ1) is 17.3. The van der Waals surface area contributed by atoms with Crippen molar-refractivity contribution >= 4 is 11.6 Å². The highest BCUT2D eigenvalue weighted by atomic mass is 19.4. The fraction of sp³-hybridized carbons (Fsp3) is 0.462. The second-order valence-electron chi connectivity index (χ2n) is 4.58. The molecule has 118 valence electrons. The molecule has 0 aromatic heterocycles. The van der Waals surface area contributed by atoms with Crippen LogP contribution in [0.2, 0.25) is 0 Å². The maximum absolute atomic E-state index is 12.8. The minimum Gasteiger partial charge on any atom is -0.377 e. The molecule has 8 heteroatoms. The molecule has 0 saturated heterocycles. The van der Waals surface area contributed by atoms with Crippen molar-refractivity contribution in [1.29, 1.82) is 0 Å². The van der Waals surface area contributed by atoms with Gasteiger partial charge >= 0.3 is 6.18 Å². The predicted octanol–water partition coefficient (Wildman–Crippen LogP) is 2.15. The highest BCUT2D eigenvalue weighted by Gasteiger charge is 2.34. The number of nitrogen functional groups attached to an aromatic ring is 1. The molecule has 0 bridgehead atoms. The zero-order chi connectivity index (χ0) is 16.0. The number of hydrogen-bond acceptors (Lipinski definition) is 4. The number of amides is 1. The van der Waals surface area contributed by atoms with Crippen molar-refractivity contribution in [1.82, 2.24) is 5.32 Å². The molecule has 0 heterocycles. The summed E-state index contributed by atoms with van der Waals surface area (Å²) in [4.78, 5) is 11.8. The van der Waals surface area contributed by atoms with Gasteiger partial charge < -0.3 is 15.5 Å². The molecule has 0 saturated carbocycles. The lowest BCUT2D eigenvalue weighted by Gasteiger charge is -2.14. The van der Waals surface area contributed by atoms with E-state index in [1.54, 1.807) is 0 Å². The Morgan fingerprint density at radius 3 is 2.57 bits per heavy atom. The molecule has 0 unspecified atom stereocenters. The van der Waals surface area contributed by atoms with Crippen LogP contribution in [0.1, 0.15) is 29.8 Å². The van der Waals surface area contributed by atoms with E-state index >= 15 is 0 Å². The summed E-state index contributed by atoms with van der Waals surface area (Å²) in [6.07, 6.45) is -4.58. The molecular weight excluding hydrogens is 287 g/mol. The number of carbonyl (C=O) groups is 1. The molecule has 1 rings (SSSR count). The van der Waals surface area contributed by atoms with Gasteiger partial charge in [-0.2, -0.15) is 13.2 Å². The summed E-state index contributed by atoms with van der Waals surface area (Å²) < 4.78 is 43.7. The number of hydrazine groups is 1. The van der Waals surface area contributed by atoms with Crippen molar-refractivity contribution in [2.75, 3.05) is 18.6 Å². The van der Waals surface area contributed by atoms with Crippen molar-refractivity contribution in [2.24, 2.45) is 5.84 Å². The summed E-state index contributed by atoms with van der Waals surface area (Å²) >= 11 is 0. The number of alkyl halides is 3. The SMILES string of the molecule is CC(C)OCCNC(=O)c1ccc(NN)c(C(F)(F)F)c1. The average molecular weight is 305 g/mol. The zero-order valence-electron chi connectivity index (χ0n) is 11.8. The number of nitrogens with two attached hydrogens (primary N) is 1. The molecule has 0 aliphatic heterocycles. The third-order valence-electron chi connectivity index (χ3n) is 2.58. The van der Waals surface area contributed by atoms with Gasteiger partial charge in [-0.05, 0) is 32.0 Å². The second-order valence-corrected chi connectivity index (χ2v) is 4.58. The van der Waals surface area contributed by atoms with Gasteiger partial charge in [0.1, 0.15) is 0 Å². The van der Waals surface area contributed by atoms with Crippen molar-refractivity contribution in [3.8, 4) is 0 Å². The summed E-state index contributed by atoms with van der Waals surface area (Å²) in [7, 11) is 0. The topological polar surface area (TPSA) is 76.4 Å². The first-order chi connectivity index (χ1) is 9.75. The Bertz CT molecular complexity index is 490. The van der Waals surface area contributed by atoms with Gasteiger partial charge in [0.2, 0.25) is 0 Å². The lowest BCUT2D eigenvalue weighted by atomic mass is 10.1. The van der Waals surface area contributed by atoms with Crippen LogP contribution in [0.4, 0.5) is 18.9 Å². The number of anilines is 1. The number of rotatable bonds is 6. The van der Waals surface area contributed by atoms with Gasteiger partial charge in [0.25, 0.3) is 5.91 Å². The number of ether oxygens (including phenoxy) is 1. The molecule has 0 radical (unpaired) electrons. The number of halogens is 3. The minimum absolute atomic E-state index is 0.0219. The molecule has 1 aromatic rings. The van der Waals surface area contributed by atoms with Crippen LogP contribution in [0.15, 0.2) is 18.2 Å². The molecular formula is C13H18F3N3O2. The van der Waals surface area contributed by atoms with Gasteiger partial charge in [-0.3, -0.25) is 10.6 Å². The number of carbonyl (C=O) groups excluding carboxylic acids is 1. The van der Waals surface area contributed by atoms with Crippen LogP contribution in [0.3, 0.4) is 0 Å². The molecule has 0 atom stereocenters. The van der Waals surface area contributed by atoms with Crippen LogP contribution in [-0.4, -0.2) is 25.2 Å². The Labute approximate surface area is 120 Å². The normalized spacial score (nSPS) is 11.6. The molecule has 0 aliphatic rings. The van der Waals surface area contributed by atoms with Crippen molar-refractivity contribution < 1.29 is 22.7 Å². The first-order valence-electron chi connectivity index (χ1n) is 6.33. The Kier molecular flexibility index (Phi) is 5.98. The highest BCUT2D eigenvalue weighted by molar-refractivity contribution is 5.94. The van der Waals surface area contributed by atoms with Gasteiger partial charge in [-0.25, -0.2) is 0 Å². The Morgan fingerprint density at radius 1 is 1.38 bits per heavy atom. The molecule has 5 nitrogen and oxygen atoms in total. The molecule has 4 N–H and O–H groups in total. The average Bonchev–Trinajstić information content (AvgIpc) is 2.41. The smallest absolute Gasteiger partial charge is 0.377 e. The van der Waals surface area contributed by atoms with E-state index in [0.29, 0.717) is 0 Å². The van der Waals surface area contributed by atoms with E-state index in [4.69, 9.17) is 10.6 Å². The summed E-state index contributed by atoms with van der Waals surface area (Å²) in [5.74, 6) is 4.43. The third kappa shape index (κ3) is 5.24. The zero-order valence-corrected chi connectivity index (χ0v) is 11.8. The van der Waals surface area contributed by atoms with Gasteiger partial charge in [-0.15, -0.1) is 0 Å². The maximum atomic E-state index is 12.8. The second kappa shape index (κ2) is 7.28. The maximum Gasteiger partial charge on any atom is 0.418 e. The van der Waals surface area contributed by atoms with Crippen molar-refractivity contribution in [3.05, 3.63) is 29.3 Å². The van der Waals surface area contributed by atoms with Crippen LogP contribution >= 0.6 is 0 Å². The Morgan fingerprint density at radius 2 is 2.05 bits per heavy atom. The molecule has 0 spiro atoms. The minimum atomic E-state index is -4.60. The van der Waals surface area contributed by atoms with E-state index in [0.717, 1.165) is 12.1 Å². The van der Waals surface area contributed by atoms with E-state index < -0.39 is 17.6 Å². The molecule has 21 heavy (non-hydrogen) atoms. The van der Waals surface area contributed by atoms with Crippen LogP contribution in [0, 0.1) is 0 Å². The summed E-state index contributed by atoms with van der Waals surface area (Å²) in [6, 6.07) is 3.14. The monoisotopic (exact) mass is 305 g/mol. The Hall–Kier alpha value is -1.80. The van der Waals surface area contributed by atoms with Crippen LogP contribution in [0.25, 0.3) is 0 Å². The van der Waals surface area contributed by atoms with Gasteiger partial charge in [0.15, 0.2) is 0 Å². The van der Waals surface area contributed by atoms with Crippen molar-refractivity contribution in [2.45, 2.75) is 26.1 Å². The van der Waals surface area contributed by atoms with Gasteiger partial charge in [0, 0.05) is 12.1 Å². The molecule has 1 amide bonds. The largest absolute Gasteiger partial charge is 0.418 e.